The minimum absolute atomic E-state index is 0.0353. The van der Waals surface area contributed by atoms with E-state index in [0.717, 1.165) is 6.07 Å². The SMILES string of the molecule is NC(Cc1cc2c(cc1C(F)F)OCO2)C(=O)O. The molecule has 0 amide bonds. The molecule has 98 valence electrons. The van der Waals surface area contributed by atoms with Gasteiger partial charge in [0.2, 0.25) is 6.79 Å². The Hall–Kier alpha value is -1.89. The molecule has 3 N–H and O–H groups in total. The molecule has 1 aliphatic heterocycles. The summed E-state index contributed by atoms with van der Waals surface area (Å²) in [5, 5.41) is 8.70. The first-order valence-electron chi connectivity index (χ1n) is 5.18. The maximum atomic E-state index is 12.9. The van der Waals surface area contributed by atoms with Gasteiger partial charge in [0.05, 0.1) is 0 Å². The Morgan fingerprint density at radius 1 is 1.39 bits per heavy atom. The summed E-state index contributed by atoms with van der Waals surface area (Å²) in [5.74, 6) is -0.683. The average Bonchev–Trinajstić information content (AvgIpc) is 2.74. The van der Waals surface area contributed by atoms with E-state index in [2.05, 4.69) is 0 Å². The van der Waals surface area contributed by atoms with E-state index in [1.165, 1.54) is 6.07 Å². The highest BCUT2D eigenvalue weighted by atomic mass is 19.3. The van der Waals surface area contributed by atoms with E-state index in [-0.39, 0.29) is 30.1 Å². The Morgan fingerprint density at radius 3 is 2.56 bits per heavy atom. The molecule has 1 aliphatic rings. The topological polar surface area (TPSA) is 81.8 Å². The molecule has 1 atom stereocenters. The quantitative estimate of drug-likeness (QED) is 0.851. The van der Waals surface area contributed by atoms with Crippen molar-refractivity contribution in [1.82, 2.24) is 0 Å². The molecule has 0 saturated heterocycles. The summed E-state index contributed by atoms with van der Waals surface area (Å²) in [6.07, 6.45) is -2.92. The van der Waals surface area contributed by atoms with Crippen LogP contribution >= 0.6 is 0 Å². The Bertz CT molecular complexity index is 478. The van der Waals surface area contributed by atoms with Crippen LogP contribution in [0.15, 0.2) is 12.1 Å². The largest absolute Gasteiger partial charge is 0.480 e. The Labute approximate surface area is 101 Å². The second-order valence-electron chi connectivity index (χ2n) is 3.85. The van der Waals surface area contributed by atoms with Crippen LogP contribution in [0.2, 0.25) is 0 Å². The van der Waals surface area contributed by atoms with E-state index < -0.39 is 18.4 Å². The normalized spacial score (nSPS) is 14.9. The van der Waals surface area contributed by atoms with Gasteiger partial charge in [0.15, 0.2) is 11.5 Å². The van der Waals surface area contributed by atoms with Gasteiger partial charge >= 0.3 is 5.97 Å². The Morgan fingerprint density at radius 2 is 2.00 bits per heavy atom. The van der Waals surface area contributed by atoms with Crippen LogP contribution in [0, 0.1) is 0 Å². The average molecular weight is 259 g/mol. The van der Waals surface area contributed by atoms with Gasteiger partial charge in [-0.1, -0.05) is 0 Å². The van der Waals surface area contributed by atoms with Crippen LogP contribution in [0.4, 0.5) is 8.78 Å². The molecule has 0 spiro atoms. The number of benzene rings is 1. The summed E-state index contributed by atoms with van der Waals surface area (Å²) in [4.78, 5) is 10.7. The number of rotatable bonds is 4. The number of ether oxygens (including phenoxy) is 2. The van der Waals surface area contributed by atoms with Gasteiger partial charge in [0.1, 0.15) is 6.04 Å². The van der Waals surface area contributed by atoms with E-state index in [9.17, 15) is 13.6 Å². The fraction of sp³-hybridized carbons (Fsp3) is 0.364. The van der Waals surface area contributed by atoms with Gasteiger partial charge in [-0.05, 0) is 24.1 Å². The number of carboxylic acid groups (broad SMARTS) is 1. The number of fused-ring (bicyclic) bond motifs is 1. The summed E-state index contributed by atoms with van der Waals surface area (Å²) in [6, 6.07) is 1.28. The highest BCUT2D eigenvalue weighted by molar-refractivity contribution is 5.73. The van der Waals surface area contributed by atoms with Crippen LogP contribution in [-0.2, 0) is 11.2 Å². The van der Waals surface area contributed by atoms with Gasteiger partial charge < -0.3 is 20.3 Å². The lowest BCUT2D eigenvalue weighted by atomic mass is 10.00. The summed E-state index contributed by atoms with van der Waals surface area (Å²) in [5.41, 5.74) is 5.22. The van der Waals surface area contributed by atoms with Crippen molar-refractivity contribution in [3.8, 4) is 11.5 Å². The van der Waals surface area contributed by atoms with Crippen molar-refractivity contribution in [3.63, 3.8) is 0 Å². The second kappa shape index (κ2) is 4.77. The molecule has 7 heteroatoms. The molecule has 0 bridgehead atoms. The minimum atomic E-state index is -2.73. The van der Waals surface area contributed by atoms with Crippen LogP contribution < -0.4 is 15.2 Å². The lowest BCUT2D eigenvalue weighted by Crippen LogP contribution is -2.32. The highest BCUT2D eigenvalue weighted by Crippen LogP contribution is 2.38. The van der Waals surface area contributed by atoms with Gasteiger partial charge in [-0.2, -0.15) is 0 Å². The number of hydrogen-bond donors (Lipinski definition) is 2. The summed E-state index contributed by atoms with van der Waals surface area (Å²) in [6.45, 7) is -0.0353. The molecule has 0 aromatic heterocycles. The molecule has 1 heterocycles. The first-order valence-corrected chi connectivity index (χ1v) is 5.18. The fourth-order valence-electron chi connectivity index (χ4n) is 1.70. The lowest BCUT2D eigenvalue weighted by Gasteiger charge is -2.12. The predicted octanol–water partition coefficient (Wildman–Crippen LogP) is 1.31. The molecular weight excluding hydrogens is 248 g/mol. The highest BCUT2D eigenvalue weighted by Gasteiger charge is 2.24. The lowest BCUT2D eigenvalue weighted by molar-refractivity contribution is -0.138. The number of carbonyl (C=O) groups is 1. The van der Waals surface area contributed by atoms with Gasteiger partial charge in [0, 0.05) is 5.56 Å². The first kappa shape index (κ1) is 12.6. The first-order chi connectivity index (χ1) is 8.49. The fourth-order valence-corrected chi connectivity index (χ4v) is 1.70. The molecular formula is C11H11F2NO4. The zero-order valence-corrected chi connectivity index (χ0v) is 9.23. The van der Waals surface area contributed by atoms with E-state index in [1.807, 2.05) is 0 Å². The molecule has 0 radical (unpaired) electrons. The van der Waals surface area contributed by atoms with E-state index in [4.69, 9.17) is 20.3 Å². The molecule has 0 aliphatic carbocycles. The van der Waals surface area contributed by atoms with Crippen LogP contribution in [-0.4, -0.2) is 23.9 Å². The number of nitrogens with two attached hydrogens (primary N) is 1. The maximum absolute atomic E-state index is 12.9. The number of aliphatic carboxylic acids is 1. The van der Waals surface area contributed by atoms with Crippen molar-refractivity contribution in [2.45, 2.75) is 18.9 Å². The van der Waals surface area contributed by atoms with E-state index in [1.54, 1.807) is 0 Å². The third-order valence-electron chi connectivity index (χ3n) is 2.63. The molecule has 18 heavy (non-hydrogen) atoms. The number of alkyl halides is 2. The summed E-state index contributed by atoms with van der Waals surface area (Å²) in [7, 11) is 0. The molecule has 0 saturated carbocycles. The van der Waals surface area contributed by atoms with Crippen LogP contribution in [0.5, 0.6) is 11.5 Å². The third kappa shape index (κ3) is 2.35. The predicted molar refractivity (Wildman–Crippen MR) is 56.8 cm³/mol. The van der Waals surface area contributed by atoms with Gasteiger partial charge in [-0.15, -0.1) is 0 Å². The van der Waals surface area contributed by atoms with Crippen LogP contribution in [0.1, 0.15) is 17.6 Å². The summed E-state index contributed by atoms with van der Waals surface area (Å²) < 4.78 is 35.8. The molecule has 0 fully saturated rings. The molecule has 1 aromatic rings. The Kier molecular flexibility index (Phi) is 3.33. The van der Waals surface area contributed by atoms with E-state index >= 15 is 0 Å². The number of carboxylic acids is 1. The van der Waals surface area contributed by atoms with Crippen molar-refractivity contribution >= 4 is 5.97 Å². The monoisotopic (exact) mass is 259 g/mol. The van der Waals surface area contributed by atoms with Gasteiger partial charge in [0.25, 0.3) is 6.43 Å². The number of halogens is 2. The minimum Gasteiger partial charge on any atom is -0.480 e. The second-order valence-corrected chi connectivity index (χ2v) is 3.85. The summed E-state index contributed by atoms with van der Waals surface area (Å²) >= 11 is 0. The van der Waals surface area contributed by atoms with Gasteiger partial charge in [-0.25, -0.2) is 8.78 Å². The third-order valence-corrected chi connectivity index (χ3v) is 2.63. The molecule has 5 nitrogen and oxygen atoms in total. The van der Waals surface area contributed by atoms with Crippen molar-refractivity contribution in [1.29, 1.82) is 0 Å². The zero-order chi connectivity index (χ0) is 13.3. The number of hydrogen-bond acceptors (Lipinski definition) is 4. The Balaban J connectivity index is 2.35. The molecule has 2 rings (SSSR count). The van der Waals surface area contributed by atoms with Crippen LogP contribution in [0.3, 0.4) is 0 Å². The maximum Gasteiger partial charge on any atom is 0.320 e. The zero-order valence-electron chi connectivity index (χ0n) is 9.23. The van der Waals surface area contributed by atoms with Crippen molar-refractivity contribution in [3.05, 3.63) is 23.3 Å². The van der Waals surface area contributed by atoms with Crippen molar-refractivity contribution in [2.24, 2.45) is 5.73 Å². The van der Waals surface area contributed by atoms with Gasteiger partial charge in [-0.3, -0.25) is 4.79 Å². The van der Waals surface area contributed by atoms with Crippen molar-refractivity contribution < 1.29 is 28.2 Å². The van der Waals surface area contributed by atoms with E-state index in [0.29, 0.717) is 5.75 Å². The molecule has 1 unspecified atom stereocenters. The van der Waals surface area contributed by atoms with Crippen LogP contribution in [0.25, 0.3) is 0 Å². The van der Waals surface area contributed by atoms with Crippen molar-refractivity contribution in [2.75, 3.05) is 6.79 Å². The standard InChI is InChI=1S/C11H11F2NO4/c12-10(13)6-3-9-8(17-4-18-9)2-5(6)1-7(14)11(15)16/h2-3,7,10H,1,4,14H2,(H,15,16). The smallest absolute Gasteiger partial charge is 0.320 e. The molecule has 1 aromatic carbocycles.